The van der Waals surface area contributed by atoms with Crippen molar-refractivity contribution in [2.24, 2.45) is 5.92 Å². The number of halogens is 1. The maximum Gasteiger partial charge on any atom is 0.219 e. The highest BCUT2D eigenvalue weighted by Gasteiger charge is 2.30. The molecule has 1 amide bonds. The fourth-order valence-corrected chi connectivity index (χ4v) is 3.03. The molecule has 24 heavy (non-hydrogen) atoms. The van der Waals surface area contributed by atoms with Gasteiger partial charge in [0.25, 0.3) is 0 Å². The predicted octanol–water partition coefficient (Wildman–Crippen LogP) is 2.03. The number of nitrogen functional groups attached to an aromatic ring is 1. The molecular formula is C17H19FN4O2. The molecule has 1 aromatic heterocycles. The molecule has 2 heterocycles. The van der Waals surface area contributed by atoms with Crippen LogP contribution in [0.3, 0.4) is 0 Å². The van der Waals surface area contributed by atoms with Gasteiger partial charge in [0.1, 0.15) is 11.6 Å². The average molecular weight is 330 g/mol. The number of ketones is 1. The van der Waals surface area contributed by atoms with Crippen LogP contribution in [0.4, 0.5) is 10.2 Å². The minimum Gasteiger partial charge on any atom is -0.383 e. The van der Waals surface area contributed by atoms with Gasteiger partial charge < -0.3 is 10.6 Å². The third-order valence-electron chi connectivity index (χ3n) is 4.38. The van der Waals surface area contributed by atoms with Crippen molar-refractivity contribution >= 4 is 17.5 Å². The third-order valence-corrected chi connectivity index (χ3v) is 4.38. The van der Waals surface area contributed by atoms with Gasteiger partial charge in [0.15, 0.2) is 5.78 Å². The molecule has 1 aromatic carbocycles. The van der Waals surface area contributed by atoms with Gasteiger partial charge in [0.05, 0.1) is 17.4 Å². The quantitative estimate of drug-likeness (QED) is 0.873. The van der Waals surface area contributed by atoms with Gasteiger partial charge in [-0.2, -0.15) is 5.10 Å². The molecule has 0 spiro atoms. The van der Waals surface area contributed by atoms with Gasteiger partial charge in [0, 0.05) is 25.9 Å². The third kappa shape index (κ3) is 3.02. The average Bonchev–Trinajstić information content (AvgIpc) is 2.96. The van der Waals surface area contributed by atoms with E-state index in [1.54, 1.807) is 17.0 Å². The Kier molecular flexibility index (Phi) is 4.33. The number of benzene rings is 1. The Morgan fingerprint density at radius 1 is 1.29 bits per heavy atom. The molecule has 126 valence electrons. The first-order valence-corrected chi connectivity index (χ1v) is 7.86. The molecule has 1 saturated heterocycles. The van der Waals surface area contributed by atoms with E-state index in [2.05, 4.69) is 5.10 Å². The van der Waals surface area contributed by atoms with Crippen molar-refractivity contribution in [2.75, 3.05) is 18.8 Å². The molecule has 1 atom stereocenters. The number of hydrogen-bond acceptors (Lipinski definition) is 4. The van der Waals surface area contributed by atoms with E-state index in [0.29, 0.717) is 24.3 Å². The van der Waals surface area contributed by atoms with Crippen LogP contribution in [0.5, 0.6) is 0 Å². The van der Waals surface area contributed by atoms with E-state index in [9.17, 15) is 14.0 Å². The summed E-state index contributed by atoms with van der Waals surface area (Å²) in [5, 5.41) is 4.15. The van der Waals surface area contributed by atoms with Crippen molar-refractivity contribution in [3.63, 3.8) is 0 Å². The Balaban J connectivity index is 1.83. The lowest BCUT2D eigenvalue weighted by molar-refractivity contribution is -0.130. The number of Topliss-reactive ketones (excluding diaryl/α,β-unsaturated/α-hetero) is 1. The highest BCUT2D eigenvalue weighted by atomic mass is 19.1. The fourth-order valence-electron chi connectivity index (χ4n) is 3.03. The van der Waals surface area contributed by atoms with Crippen LogP contribution in [-0.2, 0) is 4.79 Å². The van der Waals surface area contributed by atoms with Crippen LogP contribution < -0.4 is 5.73 Å². The number of likely N-dealkylation sites (tertiary alicyclic amines) is 1. The summed E-state index contributed by atoms with van der Waals surface area (Å²) < 4.78 is 14.4. The van der Waals surface area contributed by atoms with Crippen molar-refractivity contribution in [1.82, 2.24) is 14.7 Å². The second-order valence-electron chi connectivity index (χ2n) is 6.00. The molecule has 1 aliphatic heterocycles. The summed E-state index contributed by atoms with van der Waals surface area (Å²) >= 11 is 0. The zero-order valence-electron chi connectivity index (χ0n) is 13.4. The van der Waals surface area contributed by atoms with Crippen LogP contribution in [0, 0.1) is 11.7 Å². The van der Waals surface area contributed by atoms with E-state index in [0.717, 1.165) is 12.8 Å². The van der Waals surface area contributed by atoms with Crippen molar-refractivity contribution in [2.45, 2.75) is 19.8 Å². The fraction of sp³-hybridized carbons (Fsp3) is 0.353. The molecule has 6 nitrogen and oxygen atoms in total. The van der Waals surface area contributed by atoms with E-state index in [1.165, 1.54) is 29.9 Å². The van der Waals surface area contributed by atoms with Crippen LogP contribution in [0.1, 0.15) is 30.1 Å². The summed E-state index contributed by atoms with van der Waals surface area (Å²) in [7, 11) is 0. The first-order valence-electron chi connectivity index (χ1n) is 7.86. The number of nitrogens with zero attached hydrogens (tertiary/aromatic N) is 3. The molecule has 0 aliphatic carbocycles. The van der Waals surface area contributed by atoms with E-state index in [4.69, 9.17) is 5.73 Å². The smallest absolute Gasteiger partial charge is 0.219 e. The summed E-state index contributed by atoms with van der Waals surface area (Å²) in [6.07, 6.45) is 2.96. The van der Waals surface area contributed by atoms with Crippen molar-refractivity contribution in [3.05, 3.63) is 41.8 Å². The monoisotopic (exact) mass is 330 g/mol. The lowest BCUT2D eigenvalue weighted by Gasteiger charge is -2.31. The Hall–Kier alpha value is -2.70. The first kappa shape index (κ1) is 16.2. The van der Waals surface area contributed by atoms with Crippen LogP contribution >= 0.6 is 0 Å². The first-order chi connectivity index (χ1) is 11.5. The maximum atomic E-state index is 13.0. The second-order valence-corrected chi connectivity index (χ2v) is 6.00. The Bertz CT molecular complexity index is 769. The predicted molar refractivity (Wildman–Crippen MR) is 87.2 cm³/mol. The summed E-state index contributed by atoms with van der Waals surface area (Å²) in [4.78, 5) is 26.0. The highest BCUT2D eigenvalue weighted by molar-refractivity contribution is 6.02. The van der Waals surface area contributed by atoms with Gasteiger partial charge in [-0.05, 0) is 37.1 Å². The zero-order chi connectivity index (χ0) is 17.3. The molecule has 2 aromatic rings. The lowest BCUT2D eigenvalue weighted by Crippen LogP contribution is -2.41. The number of amides is 1. The van der Waals surface area contributed by atoms with Crippen LogP contribution in [0.15, 0.2) is 30.5 Å². The van der Waals surface area contributed by atoms with Gasteiger partial charge in [-0.1, -0.05) is 0 Å². The van der Waals surface area contributed by atoms with E-state index < -0.39 is 0 Å². The van der Waals surface area contributed by atoms with Gasteiger partial charge in [0.2, 0.25) is 5.91 Å². The number of anilines is 1. The number of carbonyl (C=O) groups excluding carboxylic acids is 2. The molecule has 7 heteroatoms. The highest BCUT2D eigenvalue weighted by Crippen LogP contribution is 2.25. The maximum absolute atomic E-state index is 13.0. The topological polar surface area (TPSA) is 81.2 Å². The molecule has 0 radical (unpaired) electrons. The summed E-state index contributed by atoms with van der Waals surface area (Å²) in [5.74, 6) is -0.524. The summed E-state index contributed by atoms with van der Waals surface area (Å²) in [5.41, 5.74) is 7.01. The molecule has 0 saturated carbocycles. The largest absolute Gasteiger partial charge is 0.383 e. The molecular weight excluding hydrogens is 311 g/mol. The number of rotatable bonds is 3. The Morgan fingerprint density at radius 3 is 2.67 bits per heavy atom. The van der Waals surface area contributed by atoms with Gasteiger partial charge >= 0.3 is 0 Å². The molecule has 1 fully saturated rings. The molecule has 0 unspecified atom stereocenters. The Morgan fingerprint density at radius 2 is 2.00 bits per heavy atom. The summed E-state index contributed by atoms with van der Waals surface area (Å²) in [6.45, 7) is 2.60. The summed E-state index contributed by atoms with van der Waals surface area (Å²) in [6, 6.07) is 5.71. The van der Waals surface area contributed by atoms with Crippen LogP contribution in [-0.4, -0.2) is 39.5 Å². The number of aromatic nitrogens is 2. The molecule has 3 rings (SSSR count). The van der Waals surface area contributed by atoms with E-state index in [1.807, 2.05) is 0 Å². The van der Waals surface area contributed by atoms with Crippen LogP contribution in [0.2, 0.25) is 0 Å². The van der Waals surface area contributed by atoms with Crippen LogP contribution in [0.25, 0.3) is 5.69 Å². The van der Waals surface area contributed by atoms with Crippen molar-refractivity contribution in [3.8, 4) is 5.69 Å². The number of hydrogen-bond donors (Lipinski definition) is 1. The molecule has 0 bridgehead atoms. The number of nitrogens with two attached hydrogens (primary N) is 1. The lowest BCUT2D eigenvalue weighted by atomic mass is 9.91. The standard InChI is InChI=1S/C17H19FN4O2/c1-11(23)21-8-2-3-12(10-21)16(24)15-9-20-22(17(15)19)14-6-4-13(18)5-7-14/h4-7,9,12H,2-3,8,10,19H2,1H3/t12-/m0/s1. The number of carbonyl (C=O) groups is 2. The van der Waals surface area contributed by atoms with E-state index >= 15 is 0 Å². The normalized spacial score (nSPS) is 17.8. The van der Waals surface area contributed by atoms with Gasteiger partial charge in [-0.15, -0.1) is 0 Å². The second kappa shape index (κ2) is 6.43. The Labute approximate surface area is 139 Å². The minimum absolute atomic E-state index is 0.0255. The SMILES string of the molecule is CC(=O)N1CCC[C@H](C(=O)c2cnn(-c3ccc(F)cc3)c2N)C1. The van der Waals surface area contributed by atoms with Gasteiger partial charge in [-0.25, -0.2) is 9.07 Å². The number of piperidine rings is 1. The molecule has 2 N–H and O–H groups in total. The van der Waals surface area contributed by atoms with Crippen molar-refractivity contribution in [1.29, 1.82) is 0 Å². The van der Waals surface area contributed by atoms with E-state index in [-0.39, 0.29) is 29.2 Å². The minimum atomic E-state index is -0.354. The molecule has 1 aliphatic rings. The van der Waals surface area contributed by atoms with Crippen molar-refractivity contribution < 1.29 is 14.0 Å². The van der Waals surface area contributed by atoms with Gasteiger partial charge in [-0.3, -0.25) is 9.59 Å². The zero-order valence-corrected chi connectivity index (χ0v) is 13.4.